The fourth-order valence-electron chi connectivity index (χ4n) is 1.96. The maximum Gasteiger partial charge on any atom is 0.227 e. The maximum atomic E-state index is 12.8. The molecule has 0 aromatic heterocycles. The Kier molecular flexibility index (Phi) is 3.08. The van der Waals surface area contributed by atoms with Gasteiger partial charge in [-0.3, -0.25) is 9.59 Å². The minimum Gasteiger partial charge on any atom is -0.359 e. The number of amides is 2. The number of carbonyl (C=O) groups is 2. The molecule has 1 aromatic carbocycles. The summed E-state index contributed by atoms with van der Waals surface area (Å²) in [5.41, 5.74) is 0.628. The molecule has 5 heteroatoms. The lowest BCUT2D eigenvalue weighted by atomic mass is 10.1. The summed E-state index contributed by atoms with van der Waals surface area (Å²) < 4.78 is 12.8. The number of rotatable bonds is 2. The predicted molar refractivity (Wildman–Crippen MR) is 60.9 cm³/mol. The van der Waals surface area contributed by atoms with E-state index in [-0.39, 0.29) is 30.0 Å². The number of hydrogen-bond acceptors (Lipinski definition) is 2. The van der Waals surface area contributed by atoms with Crippen molar-refractivity contribution in [2.75, 3.05) is 18.5 Å². The molecule has 90 valence electrons. The third-order valence-corrected chi connectivity index (χ3v) is 2.88. The molecule has 2 rings (SSSR count). The summed E-state index contributed by atoms with van der Waals surface area (Å²) in [6.07, 6.45) is 0.205. The summed E-state index contributed by atoms with van der Waals surface area (Å²) in [6.45, 7) is 0.351. The van der Waals surface area contributed by atoms with E-state index in [4.69, 9.17) is 0 Å². The minimum absolute atomic E-state index is 0.106. The predicted octanol–water partition coefficient (Wildman–Crippen LogP) is 0.925. The van der Waals surface area contributed by atoms with Gasteiger partial charge >= 0.3 is 0 Å². The summed E-state index contributed by atoms with van der Waals surface area (Å²) in [5, 5.41) is 2.53. The number of hydrogen-bond donors (Lipinski definition) is 1. The first-order chi connectivity index (χ1) is 8.11. The molecule has 0 unspecified atom stereocenters. The van der Waals surface area contributed by atoms with E-state index in [1.165, 1.54) is 17.0 Å². The topological polar surface area (TPSA) is 49.4 Å². The van der Waals surface area contributed by atoms with Crippen LogP contribution in [0.25, 0.3) is 0 Å². The second-order valence-electron chi connectivity index (χ2n) is 4.00. The third-order valence-electron chi connectivity index (χ3n) is 2.88. The molecule has 4 nitrogen and oxygen atoms in total. The van der Waals surface area contributed by atoms with E-state index >= 15 is 0 Å². The van der Waals surface area contributed by atoms with Gasteiger partial charge in [0.25, 0.3) is 0 Å². The van der Waals surface area contributed by atoms with Crippen LogP contribution in [-0.2, 0) is 9.59 Å². The number of carbonyl (C=O) groups excluding carboxylic acids is 2. The molecule has 1 aromatic rings. The van der Waals surface area contributed by atoms with Crippen molar-refractivity contribution >= 4 is 17.5 Å². The summed E-state index contributed by atoms with van der Waals surface area (Å²) in [4.78, 5) is 24.7. The van der Waals surface area contributed by atoms with Gasteiger partial charge in [-0.05, 0) is 24.3 Å². The first-order valence-corrected chi connectivity index (χ1v) is 5.39. The van der Waals surface area contributed by atoms with Gasteiger partial charge in [0.1, 0.15) is 5.82 Å². The van der Waals surface area contributed by atoms with Crippen LogP contribution in [0.2, 0.25) is 0 Å². The van der Waals surface area contributed by atoms with Crippen molar-refractivity contribution in [2.24, 2.45) is 5.92 Å². The summed E-state index contributed by atoms with van der Waals surface area (Å²) in [7, 11) is 1.55. The molecule has 0 bridgehead atoms. The fraction of sp³-hybridized carbons (Fsp3) is 0.333. The van der Waals surface area contributed by atoms with Crippen molar-refractivity contribution in [3.05, 3.63) is 30.1 Å². The highest BCUT2D eigenvalue weighted by molar-refractivity contribution is 6.00. The quantitative estimate of drug-likeness (QED) is 0.830. The lowest BCUT2D eigenvalue weighted by Crippen LogP contribution is -2.30. The molecule has 1 aliphatic heterocycles. The highest BCUT2D eigenvalue weighted by atomic mass is 19.1. The molecule has 1 heterocycles. The maximum absolute atomic E-state index is 12.8. The van der Waals surface area contributed by atoms with Crippen LogP contribution in [0.3, 0.4) is 0 Å². The third kappa shape index (κ3) is 2.27. The molecule has 2 amide bonds. The van der Waals surface area contributed by atoms with E-state index in [1.807, 2.05) is 0 Å². The fourth-order valence-corrected chi connectivity index (χ4v) is 1.96. The number of nitrogens with one attached hydrogen (secondary N) is 1. The second-order valence-corrected chi connectivity index (χ2v) is 4.00. The van der Waals surface area contributed by atoms with Crippen LogP contribution in [0.1, 0.15) is 6.42 Å². The van der Waals surface area contributed by atoms with E-state index in [2.05, 4.69) is 5.32 Å². The van der Waals surface area contributed by atoms with Gasteiger partial charge < -0.3 is 10.2 Å². The lowest BCUT2D eigenvalue weighted by Gasteiger charge is -2.16. The van der Waals surface area contributed by atoms with Crippen molar-refractivity contribution < 1.29 is 14.0 Å². The first-order valence-electron chi connectivity index (χ1n) is 5.39. The van der Waals surface area contributed by atoms with Crippen molar-refractivity contribution in [1.29, 1.82) is 0 Å². The van der Waals surface area contributed by atoms with Crippen molar-refractivity contribution in [1.82, 2.24) is 5.32 Å². The molecule has 1 N–H and O–H groups in total. The molecule has 0 aliphatic carbocycles. The standard InChI is InChI=1S/C12H13FN2O2/c1-14-12(17)8-6-11(16)15(7-8)10-4-2-9(13)3-5-10/h2-5,8H,6-7H2,1H3,(H,14,17)/t8-/m1/s1. The molecule has 17 heavy (non-hydrogen) atoms. The molecule has 1 atom stereocenters. The SMILES string of the molecule is CNC(=O)[C@@H]1CC(=O)N(c2ccc(F)cc2)C1. The van der Waals surface area contributed by atoms with Gasteiger partial charge in [-0.2, -0.15) is 0 Å². The normalized spacial score (nSPS) is 19.5. The van der Waals surface area contributed by atoms with E-state index < -0.39 is 0 Å². The molecule has 1 saturated heterocycles. The Bertz CT molecular complexity index is 444. The van der Waals surface area contributed by atoms with Gasteiger partial charge in [-0.25, -0.2) is 4.39 Å². The van der Waals surface area contributed by atoms with Gasteiger partial charge in [0.2, 0.25) is 11.8 Å². The minimum atomic E-state index is -0.344. The van der Waals surface area contributed by atoms with Crippen molar-refractivity contribution in [3.8, 4) is 0 Å². The molecule has 1 aliphatic rings. The van der Waals surface area contributed by atoms with Crippen LogP contribution < -0.4 is 10.2 Å². The van der Waals surface area contributed by atoms with E-state index in [0.29, 0.717) is 12.2 Å². The first kappa shape index (κ1) is 11.6. The highest BCUT2D eigenvalue weighted by Gasteiger charge is 2.34. The summed E-state index contributed by atoms with van der Waals surface area (Å²) in [5.74, 6) is -0.908. The Morgan fingerprint density at radius 2 is 2.06 bits per heavy atom. The second kappa shape index (κ2) is 4.53. The van der Waals surface area contributed by atoms with Crippen molar-refractivity contribution in [2.45, 2.75) is 6.42 Å². The Morgan fingerprint density at radius 1 is 1.41 bits per heavy atom. The van der Waals surface area contributed by atoms with E-state index in [9.17, 15) is 14.0 Å². The van der Waals surface area contributed by atoms with Crippen LogP contribution in [0.5, 0.6) is 0 Å². The van der Waals surface area contributed by atoms with Gasteiger partial charge in [-0.1, -0.05) is 0 Å². The summed E-state index contributed by atoms with van der Waals surface area (Å²) in [6, 6.07) is 5.69. The Morgan fingerprint density at radius 3 is 2.65 bits per heavy atom. The van der Waals surface area contributed by atoms with E-state index in [1.54, 1.807) is 19.2 Å². The molecule has 0 spiro atoms. The molecular formula is C12H13FN2O2. The van der Waals surface area contributed by atoms with Crippen LogP contribution in [0, 0.1) is 11.7 Å². The van der Waals surface area contributed by atoms with Gasteiger partial charge in [-0.15, -0.1) is 0 Å². The number of benzene rings is 1. The number of anilines is 1. The van der Waals surface area contributed by atoms with Gasteiger partial charge in [0.15, 0.2) is 0 Å². The molecule has 0 radical (unpaired) electrons. The van der Waals surface area contributed by atoms with Gasteiger partial charge in [0, 0.05) is 25.7 Å². The van der Waals surface area contributed by atoms with E-state index in [0.717, 1.165) is 0 Å². The Balaban J connectivity index is 2.15. The van der Waals surface area contributed by atoms with Crippen LogP contribution in [-0.4, -0.2) is 25.4 Å². The average Bonchev–Trinajstić information content (AvgIpc) is 2.71. The number of halogens is 1. The van der Waals surface area contributed by atoms with Gasteiger partial charge in [0.05, 0.1) is 5.92 Å². The number of nitrogens with zero attached hydrogens (tertiary/aromatic N) is 1. The molecule has 0 saturated carbocycles. The zero-order chi connectivity index (χ0) is 12.4. The average molecular weight is 236 g/mol. The van der Waals surface area contributed by atoms with Crippen LogP contribution in [0.4, 0.5) is 10.1 Å². The molecular weight excluding hydrogens is 223 g/mol. The Hall–Kier alpha value is -1.91. The van der Waals surface area contributed by atoms with Crippen molar-refractivity contribution in [3.63, 3.8) is 0 Å². The summed E-state index contributed by atoms with van der Waals surface area (Å²) >= 11 is 0. The smallest absolute Gasteiger partial charge is 0.227 e. The lowest BCUT2D eigenvalue weighted by molar-refractivity contribution is -0.125. The van der Waals surface area contributed by atoms with Crippen LogP contribution >= 0.6 is 0 Å². The Labute approximate surface area is 98.4 Å². The monoisotopic (exact) mass is 236 g/mol. The zero-order valence-corrected chi connectivity index (χ0v) is 9.44. The highest BCUT2D eigenvalue weighted by Crippen LogP contribution is 2.25. The van der Waals surface area contributed by atoms with Crippen LogP contribution in [0.15, 0.2) is 24.3 Å². The zero-order valence-electron chi connectivity index (χ0n) is 9.44. The molecule has 1 fully saturated rings. The largest absolute Gasteiger partial charge is 0.359 e.